The summed E-state index contributed by atoms with van der Waals surface area (Å²) in [6, 6.07) is 0. The van der Waals surface area contributed by atoms with Crippen LogP contribution in [0.4, 0.5) is 0 Å². The van der Waals surface area contributed by atoms with E-state index in [4.69, 9.17) is 9.47 Å². The van der Waals surface area contributed by atoms with Gasteiger partial charge in [-0.2, -0.15) is 0 Å². The number of rotatable bonds is 7. The average molecular weight is 182 g/mol. The minimum Gasteiger partial charge on any atom is -0.349 e. The van der Waals surface area contributed by atoms with Crippen LogP contribution in [0.5, 0.6) is 0 Å². The van der Waals surface area contributed by atoms with Gasteiger partial charge in [-0.05, 0) is 19.9 Å². The summed E-state index contributed by atoms with van der Waals surface area (Å²) in [5, 5.41) is 0. The summed E-state index contributed by atoms with van der Waals surface area (Å²) in [6.07, 6.45) is 9.13. The summed E-state index contributed by atoms with van der Waals surface area (Å²) < 4.78 is 10.5. The molecule has 2 heteroatoms. The SMILES string of the molecule is C=CC(OCC)OC/C=C/C=C/C. The van der Waals surface area contributed by atoms with Crippen molar-refractivity contribution in [3.05, 3.63) is 37.0 Å². The third-order valence-electron chi connectivity index (χ3n) is 1.32. The minimum absolute atomic E-state index is 0.291. The fraction of sp³-hybridized carbons (Fsp3) is 0.455. The van der Waals surface area contributed by atoms with Crippen molar-refractivity contribution in [2.24, 2.45) is 0 Å². The van der Waals surface area contributed by atoms with Crippen molar-refractivity contribution in [1.82, 2.24) is 0 Å². The van der Waals surface area contributed by atoms with E-state index in [1.165, 1.54) is 0 Å². The molecule has 1 unspecified atom stereocenters. The Bertz CT molecular complexity index is 171. The van der Waals surface area contributed by atoms with Gasteiger partial charge in [0, 0.05) is 6.61 Å². The zero-order valence-electron chi connectivity index (χ0n) is 8.40. The highest BCUT2D eigenvalue weighted by atomic mass is 16.7. The van der Waals surface area contributed by atoms with Gasteiger partial charge in [0.25, 0.3) is 0 Å². The summed E-state index contributed by atoms with van der Waals surface area (Å²) in [7, 11) is 0. The van der Waals surface area contributed by atoms with Crippen LogP contribution in [0.15, 0.2) is 37.0 Å². The summed E-state index contributed by atoms with van der Waals surface area (Å²) in [5.74, 6) is 0. The number of ether oxygens (including phenoxy) is 2. The Hall–Kier alpha value is -0.860. The van der Waals surface area contributed by atoms with Crippen molar-refractivity contribution in [3.8, 4) is 0 Å². The second-order valence-electron chi connectivity index (χ2n) is 2.35. The first-order valence-electron chi connectivity index (χ1n) is 4.48. The summed E-state index contributed by atoms with van der Waals surface area (Å²) in [6.45, 7) is 8.68. The van der Waals surface area contributed by atoms with E-state index in [9.17, 15) is 0 Å². The zero-order valence-corrected chi connectivity index (χ0v) is 8.40. The fourth-order valence-corrected chi connectivity index (χ4v) is 0.744. The molecule has 0 radical (unpaired) electrons. The molecule has 0 heterocycles. The van der Waals surface area contributed by atoms with Crippen molar-refractivity contribution < 1.29 is 9.47 Å². The van der Waals surface area contributed by atoms with Crippen LogP contribution in [0.2, 0.25) is 0 Å². The molecule has 2 nitrogen and oxygen atoms in total. The molecule has 0 aliphatic heterocycles. The molecule has 0 amide bonds. The molecule has 74 valence electrons. The van der Waals surface area contributed by atoms with Gasteiger partial charge in [-0.15, -0.1) is 0 Å². The molecule has 0 saturated heterocycles. The minimum atomic E-state index is -0.291. The Balaban J connectivity index is 3.53. The van der Waals surface area contributed by atoms with Gasteiger partial charge in [-0.1, -0.05) is 30.9 Å². The molecule has 0 aliphatic rings. The predicted octanol–water partition coefficient (Wildman–Crippen LogP) is 2.68. The highest BCUT2D eigenvalue weighted by Crippen LogP contribution is 1.95. The summed E-state index contributed by atoms with van der Waals surface area (Å²) >= 11 is 0. The topological polar surface area (TPSA) is 18.5 Å². The maximum Gasteiger partial charge on any atom is 0.176 e. The Morgan fingerprint density at radius 1 is 1.31 bits per heavy atom. The molecular weight excluding hydrogens is 164 g/mol. The molecule has 0 aliphatic carbocycles. The maximum atomic E-state index is 5.32. The quantitative estimate of drug-likeness (QED) is 0.342. The van der Waals surface area contributed by atoms with E-state index in [0.29, 0.717) is 13.2 Å². The molecule has 0 aromatic carbocycles. The van der Waals surface area contributed by atoms with E-state index in [2.05, 4.69) is 6.58 Å². The highest BCUT2D eigenvalue weighted by Gasteiger charge is 1.99. The molecule has 0 bridgehead atoms. The predicted molar refractivity (Wildman–Crippen MR) is 55.5 cm³/mol. The van der Waals surface area contributed by atoms with Gasteiger partial charge >= 0.3 is 0 Å². The van der Waals surface area contributed by atoms with Gasteiger partial charge in [0.15, 0.2) is 6.29 Å². The standard InChI is InChI=1S/C11H18O2/c1-4-7-8-9-10-13-11(5-2)12-6-3/h4-5,7-9,11H,2,6,10H2,1,3H3/b7-4+,9-8+. The number of hydrogen-bond donors (Lipinski definition) is 0. The average Bonchev–Trinajstić information content (AvgIpc) is 2.16. The van der Waals surface area contributed by atoms with Gasteiger partial charge in [0.05, 0.1) is 6.61 Å². The Morgan fingerprint density at radius 3 is 2.62 bits per heavy atom. The lowest BCUT2D eigenvalue weighted by atomic mass is 10.4. The Morgan fingerprint density at radius 2 is 2.08 bits per heavy atom. The van der Waals surface area contributed by atoms with Crippen molar-refractivity contribution in [2.75, 3.05) is 13.2 Å². The first-order chi connectivity index (χ1) is 6.35. The Kier molecular flexibility index (Phi) is 8.62. The van der Waals surface area contributed by atoms with Crippen molar-refractivity contribution in [1.29, 1.82) is 0 Å². The molecule has 0 spiro atoms. The lowest BCUT2D eigenvalue weighted by Gasteiger charge is -2.11. The van der Waals surface area contributed by atoms with Crippen LogP contribution in [0.3, 0.4) is 0 Å². The van der Waals surface area contributed by atoms with Crippen LogP contribution in [0, 0.1) is 0 Å². The lowest BCUT2D eigenvalue weighted by Crippen LogP contribution is -2.13. The first kappa shape index (κ1) is 12.1. The molecule has 13 heavy (non-hydrogen) atoms. The normalized spacial score (nSPS) is 14.0. The zero-order chi connectivity index (χ0) is 9.94. The van der Waals surface area contributed by atoms with Crippen LogP contribution in [-0.2, 0) is 9.47 Å². The van der Waals surface area contributed by atoms with Crippen molar-refractivity contribution in [3.63, 3.8) is 0 Å². The van der Waals surface area contributed by atoms with Gasteiger partial charge in [0.1, 0.15) is 0 Å². The molecule has 0 saturated carbocycles. The van der Waals surface area contributed by atoms with Gasteiger partial charge in [-0.25, -0.2) is 0 Å². The molecule has 0 aromatic heterocycles. The second kappa shape index (κ2) is 9.23. The molecule has 0 rings (SSSR count). The van der Waals surface area contributed by atoms with Crippen LogP contribution in [-0.4, -0.2) is 19.5 Å². The highest BCUT2D eigenvalue weighted by molar-refractivity contribution is 5.01. The number of hydrogen-bond acceptors (Lipinski definition) is 2. The van der Waals surface area contributed by atoms with Crippen LogP contribution >= 0.6 is 0 Å². The molecule has 0 aromatic rings. The van der Waals surface area contributed by atoms with Gasteiger partial charge < -0.3 is 9.47 Å². The number of allylic oxidation sites excluding steroid dienone is 3. The van der Waals surface area contributed by atoms with E-state index < -0.39 is 0 Å². The van der Waals surface area contributed by atoms with Crippen LogP contribution in [0.25, 0.3) is 0 Å². The monoisotopic (exact) mass is 182 g/mol. The largest absolute Gasteiger partial charge is 0.349 e. The summed E-state index contributed by atoms with van der Waals surface area (Å²) in [4.78, 5) is 0. The van der Waals surface area contributed by atoms with E-state index in [1.54, 1.807) is 6.08 Å². The smallest absolute Gasteiger partial charge is 0.176 e. The molecule has 0 fully saturated rings. The molecule has 1 atom stereocenters. The lowest BCUT2D eigenvalue weighted by molar-refractivity contribution is -0.0983. The second-order valence-corrected chi connectivity index (χ2v) is 2.35. The third kappa shape index (κ3) is 7.50. The van der Waals surface area contributed by atoms with Crippen LogP contribution in [0.1, 0.15) is 13.8 Å². The van der Waals surface area contributed by atoms with Gasteiger partial charge in [0.2, 0.25) is 0 Å². The Labute approximate surface area is 80.5 Å². The maximum absolute atomic E-state index is 5.32. The van der Waals surface area contributed by atoms with E-state index in [1.807, 2.05) is 38.2 Å². The first-order valence-corrected chi connectivity index (χ1v) is 4.48. The summed E-state index contributed by atoms with van der Waals surface area (Å²) in [5.41, 5.74) is 0. The van der Waals surface area contributed by atoms with Crippen molar-refractivity contribution >= 4 is 0 Å². The fourth-order valence-electron chi connectivity index (χ4n) is 0.744. The molecule has 0 N–H and O–H groups in total. The van der Waals surface area contributed by atoms with Crippen LogP contribution < -0.4 is 0 Å². The van der Waals surface area contributed by atoms with Crippen molar-refractivity contribution in [2.45, 2.75) is 20.1 Å². The van der Waals surface area contributed by atoms with E-state index >= 15 is 0 Å². The van der Waals surface area contributed by atoms with E-state index in [-0.39, 0.29) is 6.29 Å². The third-order valence-corrected chi connectivity index (χ3v) is 1.32. The van der Waals surface area contributed by atoms with Gasteiger partial charge in [-0.3, -0.25) is 0 Å². The molecular formula is C11H18O2. The van der Waals surface area contributed by atoms with E-state index in [0.717, 1.165) is 0 Å².